The molecule has 2 unspecified atom stereocenters. The Kier molecular flexibility index (Phi) is 24.7. The summed E-state index contributed by atoms with van der Waals surface area (Å²) in [5.41, 5.74) is 0. The van der Waals surface area contributed by atoms with E-state index in [9.17, 15) is 19.0 Å². The Balaban J connectivity index is 4.20. The van der Waals surface area contributed by atoms with Crippen molar-refractivity contribution in [2.24, 2.45) is 0 Å². The molecule has 0 aliphatic rings. The van der Waals surface area contributed by atoms with Crippen LogP contribution in [0.3, 0.4) is 0 Å². The zero-order chi connectivity index (χ0) is 32.2. The van der Waals surface area contributed by atoms with Gasteiger partial charge in [0.1, 0.15) is 19.8 Å². The number of likely N-dealkylation sites (N-methyl/N-ethyl adjacent to an activating group) is 1. The molecule has 0 radical (unpaired) electrons. The van der Waals surface area contributed by atoms with Crippen molar-refractivity contribution in [1.82, 2.24) is 0 Å². The fourth-order valence-electron chi connectivity index (χ4n) is 3.36. The van der Waals surface area contributed by atoms with Crippen molar-refractivity contribution >= 4 is 19.8 Å². The third kappa shape index (κ3) is 29.6. The number of quaternary nitrogens is 1. The smallest absolute Gasteiger partial charge is 0.306 e. The molecule has 0 saturated heterocycles. The van der Waals surface area contributed by atoms with Crippen molar-refractivity contribution in [2.75, 3.05) is 47.5 Å². The predicted octanol–water partition coefficient (Wildman–Crippen LogP) is 6.76. The number of hydrogen-bond donors (Lipinski definition) is 0. The standard InChI is InChI=1S/C33H56NO8P/c1-6-8-9-10-11-12-13-14-15-16-17-18-19-20-21-22-23-24-25-26-33(36)42-31(29-39-32(35)7-2)30-41-43(37,38)40-28-27-34(3,4)5/h8-9,11-12,14-15,17-18,20-21,31H,6-7,10,13,16,19,22-30H2,1-5H3/b9-8-,12-11-,15-14-,18-17-,21-20-. The first-order valence-electron chi connectivity index (χ1n) is 15.5. The fraction of sp³-hybridized carbons (Fsp3) is 0.636. The summed E-state index contributed by atoms with van der Waals surface area (Å²) in [6, 6.07) is 0. The Morgan fingerprint density at radius 1 is 0.744 bits per heavy atom. The number of phosphoric acid groups is 1. The molecule has 0 spiro atoms. The molecule has 0 amide bonds. The highest BCUT2D eigenvalue weighted by molar-refractivity contribution is 7.45. The second-order valence-corrected chi connectivity index (χ2v) is 12.5. The van der Waals surface area contributed by atoms with Crippen molar-refractivity contribution < 1.29 is 42.1 Å². The first-order chi connectivity index (χ1) is 20.5. The molecule has 0 aliphatic heterocycles. The maximum Gasteiger partial charge on any atom is 0.306 e. The summed E-state index contributed by atoms with van der Waals surface area (Å²) >= 11 is 0. The molecule has 0 aromatic rings. The second-order valence-electron chi connectivity index (χ2n) is 11.0. The lowest BCUT2D eigenvalue weighted by atomic mass is 10.1. The van der Waals surface area contributed by atoms with Crippen LogP contribution in [0.4, 0.5) is 0 Å². The van der Waals surface area contributed by atoms with Gasteiger partial charge in [-0.25, -0.2) is 0 Å². The molecule has 0 bridgehead atoms. The number of carbonyl (C=O) groups is 2. The summed E-state index contributed by atoms with van der Waals surface area (Å²) in [4.78, 5) is 35.9. The molecule has 0 aromatic heterocycles. The summed E-state index contributed by atoms with van der Waals surface area (Å²) in [7, 11) is 1.12. The number of esters is 2. The Hall–Kier alpha value is -2.29. The Labute approximate surface area is 260 Å². The quantitative estimate of drug-likeness (QED) is 0.0341. The van der Waals surface area contributed by atoms with Crippen LogP contribution in [0.5, 0.6) is 0 Å². The molecular weight excluding hydrogens is 569 g/mol. The topological polar surface area (TPSA) is 111 Å². The predicted molar refractivity (Wildman–Crippen MR) is 171 cm³/mol. The number of carbonyl (C=O) groups excluding carboxylic acids is 2. The third-order valence-electron chi connectivity index (χ3n) is 5.86. The number of rotatable bonds is 26. The van der Waals surface area contributed by atoms with Gasteiger partial charge >= 0.3 is 11.9 Å². The SMILES string of the molecule is CC/C=C\C/C=C\C/C=C\C/C=C\C/C=C\CCCCCC(=O)OC(COC(=O)CC)COP(=O)([O-])OCC[N+](C)(C)C. The maximum absolute atomic E-state index is 12.3. The van der Waals surface area contributed by atoms with Gasteiger partial charge in [0.2, 0.25) is 0 Å². The molecule has 0 heterocycles. The van der Waals surface area contributed by atoms with E-state index in [-0.39, 0.29) is 26.1 Å². The number of unbranched alkanes of at least 4 members (excludes halogenated alkanes) is 3. The lowest BCUT2D eigenvalue weighted by Crippen LogP contribution is -2.37. The average molecular weight is 626 g/mol. The van der Waals surface area contributed by atoms with Crippen molar-refractivity contribution in [2.45, 2.75) is 90.6 Å². The fourth-order valence-corrected chi connectivity index (χ4v) is 4.09. The van der Waals surface area contributed by atoms with Crippen molar-refractivity contribution in [3.63, 3.8) is 0 Å². The molecule has 246 valence electrons. The van der Waals surface area contributed by atoms with E-state index < -0.39 is 32.5 Å². The highest BCUT2D eigenvalue weighted by Gasteiger charge is 2.21. The van der Waals surface area contributed by atoms with Gasteiger partial charge in [-0.1, -0.05) is 81.0 Å². The summed E-state index contributed by atoms with van der Waals surface area (Å²) in [5, 5.41) is 0. The van der Waals surface area contributed by atoms with E-state index in [0.717, 1.165) is 51.4 Å². The highest BCUT2D eigenvalue weighted by atomic mass is 31.2. The molecule has 9 nitrogen and oxygen atoms in total. The minimum Gasteiger partial charge on any atom is -0.756 e. The normalized spacial score (nSPS) is 14.8. The zero-order valence-electron chi connectivity index (χ0n) is 27.1. The molecule has 0 N–H and O–H groups in total. The monoisotopic (exact) mass is 625 g/mol. The lowest BCUT2D eigenvalue weighted by Gasteiger charge is -2.28. The molecular formula is C33H56NO8P. The number of phosphoric ester groups is 1. The van der Waals surface area contributed by atoms with E-state index >= 15 is 0 Å². The summed E-state index contributed by atoms with van der Waals surface area (Å²) in [5.74, 6) is -0.983. The van der Waals surface area contributed by atoms with Gasteiger partial charge in [-0.2, -0.15) is 0 Å². The molecule has 0 rings (SSSR count). The van der Waals surface area contributed by atoms with Crippen LogP contribution >= 0.6 is 7.82 Å². The van der Waals surface area contributed by atoms with Crippen LogP contribution in [0.1, 0.15) is 84.5 Å². The number of hydrogen-bond acceptors (Lipinski definition) is 8. The summed E-state index contributed by atoms with van der Waals surface area (Å²) in [6.07, 6.45) is 29.2. The van der Waals surface area contributed by atoms with Gasteiger partial charge < -0.3 is 27.9 Å². The molecule has 0 saturated carbocycles. The average Bonchev–Trinajstić information content (AvgIpc) is 2.94. The molecule has 10 heteroatoms. The van der Waals surface area contributed by atoms with Crippen molar-refractivity contribution in [3.8, 4) is 0 Å². The van der Waals surface area contributed by atoms with E-state index in [2.05, 4.69) is 67.7 Å². The zero-order valence-corrected chi connectivity index (χ0v) is 28.0. The summed E-state index contributed by atoms with van der Waals surface area (Å²) < 4.78 is 32.8. The molecule has 43 heavy (non-hydrogen) atoms. The molecule has 0 fully saturated rings. The van der Waals surface area contributed by atoms with Gasteiger partial charge in [0.15, 0.2) is 6.10 Å². The minimum absolute atomic E-state index is 0.0425. The van der Waals surface area contributed by atoms with Gasteiger partial charge in [0.25, 0.3) is 7.82 Å². The summed E-state index contributed by atoms with van der Waals surface area (Å²) in [6.45, 7) is 3.41. The highest BCUT2D eigenvalue weighted by Crippen LogP contribution is 2.38. The Morgan fingerprint density at radius 2 is 1.30 bits per heavy atom. The number of allylic oxidation sites excluding steroid dienone is 10. The number of nitrogens with zero attached hydrogens (tertiary/aromatic N) is 1. The second kappa shape index (κ2) is 26.1. The van der Waals surface area contributed by atoms with Crippen LogP contribution in [0.25, 0.3) is 0 Å². The van der Waals surface area contributed by atoms with Crippen molar-refractivity contribution in [1.29, 1.82) is 0 Å². The van der Waals surface area contributed by atoms with E-state index in [1.807, 2.05) is 21.1 Å². The van der Waals surface area contributed by atoms with Gasteiger partial charge in [0.05, 0.1) is 27.7 Å². The van der Waals surface area contributed by atoms with Crippen LogP contribution < -0.4 is 4.89 Å². The maximum atomic E-state index is 12.3. The Morgan fingerprint density at radius 3 is 1.84 bits per heavy atom. The van der Waals surface area contributed by atoms with E-state index in [1.54, 1.807) is 6.92 Å². The third-order valence-corrected chi connectivity index (χ3v) is 6.82. The lowest BCUT2D eigenvalue weighted by molar-refractivity contribution is -0.870. The molecule has 0 aromatic carbocycles. The van der Waals surface area contributed by atoms with Gasteiger partial charge in [-0.15, -0.1) is 0 Å². The molecule has 2 atom stereocenters. The van der Waals surface area contributed by atoms with Crippen LogP contribution in [-0.4, -0.2) is 70.0 Å². The van der Waals surface area contributed by atoms with E-state index in [0.29, 0.717) is 17.4 Å². The molecule has 0 aliphatic carbocycles. The van der Waals surface area contributed by atoms with E-state index in [1.165, 1.54) is 0 Å². The minimum atomic E-state index is -4.60. The van der Waals surface area contributed by atoms with Crippen LogP contribution in [0.2, 0.25) is 0 Å². The van der Waals surface area contributed by atoms with E-state index in [4.69, 9.17) is 18.5 Å². The van der Waals surface area contributed by atoms with Gasteiger partial charge in [-0.05, 0) is 51.4 Å². The van der Waals surface area contributed by atoms with Crippen LogP contribution in [0, 0.1) is 0 Å². The first-order valence-corrected chi connectivity index (χ1v) is 17.0. The largest absolute Gasteiger partial charge is 0.756 e. The van der Waals surface area contributed by atoms with Crippen molar-refractivity contribution in [3.05, 3.63) is 60.8 Å². The number of ether oxygens (including phenoxy) is 2. The van der Waals surface area contributed by atoms with Gasteiger partial charge in [0, 0.05) is 12.8 Å². The van der Waals surface area contributed by atoms with Crippen LogP contribution in [-0.2, 0) is 32.7 Å². The Bertz CT molecular complexity index is 934. The first kappa shape index (κ1) is 40.7. The van der Waals surface area contributed by atoms with Crippen LogP contribution in [0.15, 0.2) is 60.8 Å². The van der Waals surface area contributed by atoms with Gasteiger partial charge in [-0.3, -0.25) is 14.2 Å².